The van der Waals surface area contributed by atoms with Gasteiger partial charge in [-0.15, -0.1) is 12.4 Å². The van der Waals surface area contributed by atoms with Gasteiger partial charge in [-0.2, -0.15) is 65.4 Å². The number of hydrogen-bond donors (Lipinski definition) is 1. The third kappa shape index (κ3) is 9.76. The average Bonchev–Trinajstić information content (AvgIpc) is 3.13. The molecule has 0 atom stereocenters. The van der Waals surface area contributed by atoms with Gasteiger partial charge in [-0.25, -0.2) is 0 Å². The molecule has 0 saturated carbocycles. The van der Waals surface area contributed by atoms with Crippen molar-refractivity contribution in [2.24, 2.45) is 0 Å². The van der Waals surface area contributed by atoms with Crippen molar-refractivity contribution in [2.45, 2.75) is 20.3 Å². The van der Waals surface area contributed by atoms with E-state index in [1.54, 1.807) is 0 Å². The van der Waals surface area contributed by atoms with Crippen LogP contribution in [0, 0.1) is 26.0 Å². The maximum Gasteiger partial charge on any atom is 1.00 e. The first-order valence-corrected chi connectivity index (χ1v) is 8.43. The second kappa shape index (κ2) is 16.8. The molecule has 3 rings (SSSR count). The molecule has 30 heavy (non-hydrogen) atoms. The Kier molecular flexibility index (Phi) is 18.1. The van der Waals surface area contributed by atoms with Gasteiger partial charge in [0.2, 0.25) is 0 Å². The van der Waals surface area contributed by atoms with Crippen LogP contribution in [0.4, 0.5) is 0 Å². The van der Waals surface area contributed by atoms with Gasteiger partial charge in [-0.05, 0) is 12.1 Å². The molecular formula is C23H22N2O2RbReY-3. The molecule has 0 fully saturated rings. The number of aromatic nitrogens is 2. The first-order chi connectivity index (χ1) is 13.0. The first kappa shape index (κ1) is 32.4. The molecule has 0 unspecified atom stereocenters. The van der Waals surface area contributed by atoms with Crippen molar-refractivity contribution >= 4 is 12.0 Å². The molecule has 0 aliphatic rings. The van der Waals surface area contributed by atoms with E-state index in [-0.39, 0.29) is 111 Å². The summed E-state index contributed by atoms with van der Waals surface area (Å²) in [6.45, 7) is 13.0. The molecule has 0 aliphatic carbocycles. The van der Waals surface area contributed by atoms with Crippen LogP contribution in [0.3, 0.4) is 0 Å². The molecule has 150 valence electrons. The summed E-state index contributed by atoms with van der Waals surface area (Å²) >= 11 is 0. The smallest absolute Gasteiger partial charge is 0.665 e. The van der Waals surface area contributed by atoms with Gasteiger partial charge in [0.25, 0.3) is 0 Å². The van der Waals surface area contributed by atoms with Crippen molar-refractivity contribution in [1.29, 1.82) is 0 Å². The van der Waals surface area contributed by atoms with Crippen LogP contribution in [-0.2, 0) is 64.3 Å². The fraction of sp³-hybridized carbons (Fsp3) is 0.130. The molecule has 1 aromatic heterocycles. The van der Waals surface area contributed by atoms with E-state index in [1.807, 2.05) is 47.3 Å². The maximum atomic E-state index is 8.24. The first-order valence-electron chi connectivity index (χ1n) is 8.43. The second-order valence-electron chi connectivity index (χ2n) is 6.21. The molecular weight excluding hydrogens is 697 g/mol. The van der Waals surface area contributed by atoms with E-state index in [0.717, 1.165) is 34.4 Å². The molecule has 7 heteroatoms. The van der Waals surface area contributed by atoms with Gasteiger partial charge in [0, 0.05) is 58.8 Å². The number of aliphatic hydroxyl groups excluding tert-OH is 1. The zero-order valence-corrected chi connectivity index (χ0v) is 28.0. The van der Waals surface area contributed by atoms with Crippen molar-refractivity contribution in [3.05, 3.63) is 103 Å². The molecule has 0 saturated heterocycles. The van der Waals surface area contributed by atoms with Crippen molar-refractivity contribution in [3.63, 3.8) is 0 Å². The number of allylic oxidation sites excluding steroid dienone is 1. The van der Waals surface area contributed by atoms with Crippen molar-refractivity contribution < 1.29 is 121 Å². The zero-order valence-electron chi connectivity index (χ0n) is 17.5. The fourth-order valence-electron chi connectivity index (χ4n) is 2.64. The van der Waals surface area contributed by atoms with Gasteiger partial charge in [-0.1, -0.05) is 44.9 Å². The van der Waals surface area contributed by atoms with E-state index in [2.05, 4.69) is 50.8 Å². The Balaban J connectivity index is 0. The molecule has 0 bridgehead atoms. The fourth-order valence-corrected chi connectivity index (χ4v) is 2.64. The molecule has 4 nitrogen and oxygen atoms in total. The standard InChI is InChI=1S/C22H21N2.CHO2.Rb.Re.Y/c1-16-10-11-21(13-17(16)2)19(4)18(3)12-20-14-23-24(15-20)22-8-6-5-7-9-22;2-1-3;;;/h5-11,13,15H,1,4,12H2,2-3H3;(H,2,3);;;/q-3;-1;+1;;. The number of rotatable bonds is 5. The second-order valence-corrected chi connectivity index (χ2v) is 6.21. The van der Waals surface area contributed by atoms with Gasteiger partial charge in [0.05, 0.1) is 0 Å². The Morgan fingerprint density at radius 1 is 1.30 bits per heavy atom. The maximum absolute atomic E-state index is 8.24. The van der Waals surface area contributed by atoms with E-state index in [1.165, 1.54) is 11.5 Å². The van der Waals surface area contributed by atoms with E-state index >= 15 is 0 Å². The van der Waals surface area contributed by atoms with E-state index in [0.29, 0.717) is 6.47 Å². The summed E-state index contributed by atoms with van der Waals surface area (Å²) in [6.07, 6.45) is 5.92. The molecule has 1 heterocycles. The van der Waals surface area contributed by atoms with Crippen LogP contribution in [0.15, 0.2) is 61.3 Å². The van der Waals surface area contributed by atoms with Gasteiger partial charge in [0.1, 0.15) is 0 Å². The van der Waals surface area contributed by atoms with Crippen molar-refractivity contribution in [2.75, 3.05) is 0 Å². The van der Waals surface area contributed by atoms with Gasteiger partial charge in [0.15, 0.2) is 0 Å². The summed E-state index contributed by atoms with van der Waals surface area (Å²) in [5.41, 5.74) is 6.54. The summed E-state index contributed by atoms with van der Waals surface area (Å²) in [6, 6.07) is 16.3. The Hall–Kier alpha value is 0.171. The number of hydrogen-bond acceptors (Lipinski definition) is 2. The van der Waals surface area contributed by atoms with Gasteiger partial charge in [-0.3, -0.25) is 0 Å². The number of aryl methyl sites for hydroxylation is 1. The minimum absolute atomic E-state index is 0. The number of benzene rings is 2. The topological polar surface area (TPSA) is 55.1 Å². The predicted molar refractivity (Wildman–Crippen MR) is 108 cm³/mol. The van der Waals surface area contributed by atoms with Crippen molar-refractivity contribution in [1.82, 2.24) is 9.78 Å². The van der Waals surface area contributed by atoms with Crippen LogP contribution in [-0.4, -0.2) is 21.4 Å². The molecule has 0 amide bonds. The Morgan fingerprint density at radius 2 is 1.90 bits per heavy atom. The normalized spacial score (nSPS) is 8.87. The van der Waals surface area contributed by atoms with Crippen LogP contribution in [0.1, 0.15) is 29.2 Å². The van der Waals surface area contributed by atoms with Crippen molar-refractivity contribution in [3.8, 4) is 5.69 Å². The summed E-state index contributed by atoms with van der Waals surface area (Å²) in [7, 11) is 0. The van der Waals surface area contributed by atoms with E-state index < -0.39 is 0 Å². The van der Waals surface area contributed by atoms with Gasteiger partial charge >= 0.3 is 58.2 Å². The monoisotopic (exact) mass is 719 g/mol. The predicted octanol–water partition coefficient (Wildman–Crippen LogP) is 1.62. The Labute approximate surface area is 267 Å². The minimum Gasteiger partial charge on any atom is -0.665 e. The molecule has 0 spiro atoms. The quantitative estimate of drug-likeness (QED) is 0.409. The zero-order chi connectivity index (χ0) is 19.8. The van der Waals surface area contributed by atoms with Crippen LogP contribution in [0.5, 0.6) is 0 Å². The van der Waals surface area contributed by atoms with Crippen LogP contribution < -0.4 is 58.2 Å². The largest absolute Gasteiger partial charge is 1.00 e. The minimum atomic E-state index is 0. The van der Waals surface area contributed by atoms with Gasteiger partial charge < -0.3 is 19.7 Å². The summed E-state index contributed by atoms with van der Waals surface area (Å²) in [4.78, 5) is 8.24. The Morgan fingerprint density at radius 3 is 2.47 bits per heavy atom. The SMILES string of the molecule is C=C(c1ccc([CH2-])c(C)c1)[C-](C)Cc1[c-]nn(-c2ccccc2)c1.O=[C-]O.[Rb+].[Re].[Y]. The van der Waals surface area contributed by atoms with Crippen LogP contribution in [0.25, 0.3) is 11.3 Å². The molecule has 2 aromatic carbocycles. The molecule has 3 aromatic rings. The van der Waals surface area contributed by atoms with Crippen LogP contribution >= 0.6 is 0 Å². The molecule has 2 radical (unpaired) electrons. The summed E-state index contributed by atoms with van der Waals surface area (Å²) in [5.74, 6) is 1.22. The van der Waals surface area contributed by atoms with E-state index in [9.17, 15) is 0 Å². The third-order valence-corrected chi connectivity index (χ3v) is 4.26. The molecule has 0 aliphatic heterocycles. The molecule has 1 N–H and O–H groups in total. The van der Waals surface area contributed by atoms with Crippen LogP contribution in [0.2, 0.25) is 0 Å². The van der Waals surface area contributed by atoms with E-state index in [4.69, 9.17) is 9.90 Å². The average molecular weight is 719 g/mol. The number of para-hydroxylation sites is 1. The summed E-state index contributed by atoms with van der Waals surface area (Å²) in [5, 5.41) is 11.1. The summed E-state index contributed by atoms with van der Waals surface area (Å²) < 4.78 is 1.85. The Bertz CT molecular complexity index is 917. The number of nitrogens with zero attached hydrogens (tertiary/aromatic N) is 2. The third-order valence-electron chi connectivity index (χ3n) is 4.26.